The molecule has 0 radical (unpaired) electrons. The van der Waals surface area contributed by atoms with E-state index in [4.69, 9.17) is 4.52 Å². The SMILES string of the molecule is Cc1cc(C(C)CC(=O)Nc2ccccc2)no1. The van der Waals surface area contributed by atoms with Crippen LogP contribution in [0.1, 0.15) is 30.7 Å². The molecular weight excluding hydrogens is 228 g/mol. The molecule has 0 aliphatic heterocycles. The molecule has 1 aromatic heterocycles. The molecule has 1 unspecified atom stereocenters. The van der Waals surface area contributed by atoms with Crippen molar-refractivity contribution in [1.82, 2.24) is 5.16 Å². The minimum atomic E-state index is -0.0191. The third-order valence-electron chi connectivity index (χ3n) is 2.70. The first-order valence-corrected chi connectivity index (χ1v) is 5.93. The van der Waals surface area contributed by atoms with E-state index in [0.29, 0.717) is 6.42 Å². The molecule has 0 saturated carbocycles. The molecule has 1 atom stereocenters. The van der Waals surface area contributed by atoms with Gasteiger partial charge in [0.15, 0.2) is 0 Å². The van der Waals surface area contributed by atoms with Gasteiger partial charge in [-0.1, -0.05) is 30.3 Å². The van der Waals surface area contributed by atoms with E-state index >= 15 is 0 Å². The predicted octanol–water partition coefficient (Wildman–Crippen LogP) is 3.12. The van der Waals surface area contributed by atoms with Crippen LogP contribution in [0.15, 0.2) is 40.9 Å². The highest BCUT2D eigenvalue weighted by Gasteiger charge is 2.14. The van der Waals surface area contributed by atoms with E-state index in [2.05, 4.69) is 10.5 Å². The lowest BCUT2D eigenvalue weighted by atomic mass is 10.0. The second-order valence-corrected chi connectivity index (χ2v) is 4.38. The number of nitrogens with one attached hydrogen (secondary N) is 1. The molecule has 1 N–H and O–H groups in total. The van der Waals surface area contributed by atoms with E-state index in [9.17, 15) is 4.79 Å². The summed E-state index contributed by atoms with van der Waals surface area (Å²) in [6.45, 7) is 3.80. The van der Waals surface area contributed by atoms with Gasteiger partial charge in [-0.05, 0) is 19.1 Å². The molecule has 94 valence electrons. The number of hydrogen-bond acceptors (Lipinski definition) is 3. The molecule has 1 aromatic carbocycles. The van der Waals surface area contributed by atoms with Crippen LogP contribution < -0.4 is 5.32 Å². The van der Waals surface area contributed by atoms with Crippen LogP contribution in [0.3, 0.4) is 0 Å². The van der Waals surface area contributed by atoms with Crippen molar-refractivity contribution in [2.24, 2.45) is 0 Å². The maximum atomic E-state index is 11.8. The Balaban J connectivity index is 1.92. The van der Waals surface area contributed by atoms with Gasteiger partial charge in [0.1, 0.15) is 5.76 Å². The van der Waals surface area contributed by atoms with Crippen molar-refractivity contribution in [2.45, 2.75) is 26.2 Å². The summed E-state index contributed by atoms with van der Waals surface area (Å²) in [5.74, 6) is 0.792. The van der Waals surface area contributed by atoms with E-state index < -0.39 is 0 Å². The molecule has 1 heterocycles. The lowest BCUT2D eigenvalue weighted by Crippen LogP contribution is -2.14. The van der Waals surface area contributed by atoms with Crippen molar-refractivity contribution in [3.05, 3.63) is 47.9 Å². The summed E-state index contributed by atoms with van der Waals surface area (Å²) in [7, 11) is 0. The lowest BCUT2D eigenvalue weighted by molar-refractivity contribution is -0.116. The molecule has 0 aliphatic carbocycles. The van der Waals surface area contributed by atoms with Crippen LogP contribution in [-0.4, -0.2) is 11.1 Å². The van der Waals surface area contributed by atoms with Crippen molar-refractivity contribution in [2.75, 3.05) is 5.32 Å². The fourth-order valence-corrected chi connectivity index (χ4v) is 1.73. The first-order valence-electron chi connectivity index (χ1n) is 5.93. The largest absolute Gasteiger partial charge is 0.361 e. The second-order valence-electron chi connectivity index (χ2n) is 4.38. The highest BCUT2D eigenvalue weighted by Crippen LogP contribution is 2.19. The van der Waals surface area contributed by atoms with Gasteiger partial charge in [-0.25, -0.2) is 0 Å². The summed E-state index contributed by atoms with van der Waals surface area (Å²) in [6, 6.07) is 11.3. The van der Waals surface area contributed by atoms with Crippen LogP contribution in [0.2, 0.25) is 0 Å². The number of aryl methyl sites for hydroxylation is 1. The molecule has 4 heteroatoms. The fraction of sp³-hybridized carbons (Fsp3) is 0.286. The number of amides is 1. The van der Waals surface area contributed by atoms with Gasteiger partial charge < -0.3 is 9.84 Å². The smallest absolute Gasteiger partial charge is 0.225 e. The normalized spacial score (nSPS) is 12.1. The standard InChI is InChI=1S/C14H16N2O2/c1-10(13-9-11(2)18-16-13)8-14(17)15-12-6-4-3-5-7-12/h3-7,9-10H,8H2,1-2H3,(H,15,17). The van der Waals surface area contributed by atoms with Crippen LogP contribution in [0.5, 0.6) is 0 Å². The first-order chi connectivity index (χ1) is 8.65. The minimum absolute atomic E-state index is 0.0191. The summed E-state index contributed by atoms with van der Waals surface area (Å²) in [4.78, 5) is 11.8. The molecular formula is C14H16N2O2. The van der Waals surface area contributed by atoms with Crippen LogP contribution in [0.25, 0.3) is 0 Å². The van der Waals surface area contributed by atoms with Crippen LogP contribution >= 0.6 is 0 Å². The van der Waals surface area contributed by atoms with Crippen molar-refractivity contribution in [1.29, 1.82) is 0 Å². The summed E-state index contributed by atoms with van der Waals surface area (Å²) >= 11 is 0. The van der Waals surface area contributed by atoms with Gasteiger partial charge in [0.2, 0.25) is 5.91 Å². The van der Waals surface area contributed by atoms with Crippen molar-refractivity contribution in [3.63, 3.8) is 0 Å². The molecule has 4 nitrogen and oxygen atoms in total. The quantitative estimate of drug-likeness (QED) is 0.899. The lowest BCUT2D eigenvalue weighted by Gasteiger charge is -2.08. The Morgan fingerprint density at radius 1 is 1.39 bits per heavy atom. The maximum Gasteiger partial charge on any atom is 0.225 e. The van der Waals surface area contributed by atoms with E-state index in [0.717, 1.165) is 17.1 Å². The zero-order valence-corrected chi connectivity index (χ0v) is 10.5. The Hall–Kier alpha value is -2.10. The Labute approximate surface area is 106 Å². The number of para-hydroxylation sites is 1. The zero-order valence-electron chi connectivity index (χ0n) is 10.5. The molecule has 0 bridgehead atoms. The van der Waals surface area contributed by atoms with Crippen LogP contribution in [-0.2, 0) is 4.79 Å². The topological polar surface area (TPSA) is 55.1 Å². The summed E-state index contributed by atoms with van der Waals surface area (Å²) in [5, 5.41) is 6.77. The van der Waals surface area contributed by atoms with Crippen LogP contribution in [0.4, 0.5) is 5.69 Å². The molecule has 2 aromatic rings. The minimum Gasteiger partial charge on any atom is -0.361 e. The highest BCUT2D eigenvalue weighted by atomic mass is 16.5. The number of carbonyl (C=O) groups excluding carboxylic acids is 1. The Bertz CT molecular complexity index is 520. The number of rotatable bonds is 4. The van der Waals surface area contributed by atoms with E-state index in [-0.39, 0.29) is 11.8 Å². The number of benzene rings is 1. The predicted molar refractivity (Wildman–Crippen MR) is 69.3 cm³/mol. The van der Waals surface area contributed by atoms with E-state index in [1.54, 1.807) is 0 Å². The third kappa shape index (κ3) is 3.20. The molecule has 0 spiro atoms. The Morgan fingerprint density at radius 2 is 2.11 bits per heavy atom. The van der Waals surface area contributed by atoms with Gasteiger partial charge in [-0.15, -0.1) is 0 Å². The molecule has 0 saturated heterocycles. The molecule has 2 rings (SSSR count). The molecule has 1 amide bonds. The van der Waals surface area contributed by atoms with Crippen molar-refractivity contribution >= 4 is 11.6 Å². The maximum absolute atomic E-state index is 11.8. The summed E-state index contributed by atoms with van der Waals surface area (Å²) in [5.41, 5.74) is 1.63. The van der Waals surface area contributed by atoms with Crippen molar-refractivity contribution in [3.8, 4) is 0 Å². The van der Waals surface area contributed by atoms with Gasteiger partial charge >= 0.3 is 0 Å². The second kappa shape index (κ2) is 5.49. The molecule has 0 aliphatic rings. The summed E-state index contributed by atoms with van der Waals surface area (Å²) in [6.07, 6.45) is 0.390. The van der Waals surface area contributed by atoms with Gasteiger partial charge in [0.05, 0.1) is 5.69 Å². The third-order valence-corrected chi connectivity index (χ3v) is 2.70. The first kappa shape index (κ1) is 12.4. The highest BCUT2D eigenvalue weighted by molar-refractivity contribution is 5.91. The molecule has 18 heavy (non-hydrogen) atoms. The average molecular weight is 244 g/mol. The number of anilines is 1. The number of hydrogen-bond donors (Lipinski definition) is 1. The van der Waals surface area contributed by atoms with Crippen molar-refractivity contribution < 1.29 is 9.32 Å². The van der Waals surface area contributed by atoms with Gasteiger partial charge in [-0.2, -0.15) is 0 Å². The molecule has 0 fully saturated rings. The summed E-state index contributed by atoms with van der Waals surface area (Å²) < 4.78 is 5.00. The number of aromatic nitrogens is 1. The van der Waals surface area contributed by atoms with Gasteiger partial charge in [-0.3, -0.25) is 4.79 Å². The van der Waals surface area contributed by atoms with Gasteiger partial charge in [0, 0.05) is 24.1 Å². The zero-order chi connectivity index (χ0) is 13.0. The number of nitrogens with zero attached hydrogens (tertiary/aromatic N) is 1. The fourth-order valence-electron chi connectivity index (χ4n) is 1.73. The van der Waals surface area contributed by atoms with E-state index in [1.165, 1.54) is 0 Å². The Morgan fingerprint density at radius 3 is 2.72 bits per heavy atom. The average Bonchev–Trinajstić information content (AvgIpc) is 2.77. The van der Waals surface area contributed by atoms with Crippen LogP contribution in [0, 0.1) is 6.92 Å². The van der Waals surface area contributed by atoms with Gasteiger partial charge in [0.25, 0.3) is 0 Å². The Kier molecular flexibility index (Phi) is 3.77. The van der Waals surface area contributed by atoms with E-state index in [1.807, 2.05) is 50.2 Å². The monoisotopic (exact) mass is 244 g/mol. The number of carbonyl (C=O) groups is 1.